The molecule has 0 bridgehead atoms. The van der Waals surface area contributed by atoms with Gasteiger partial charge in [0.2, 0.25) is 10.0 Å². The topological polar surface area (TPSA) is 122 Å². The Labute approximate surface area is 229 Å². The second kappa shape index (κ2) is 11.1. The van der Waals surface area contributed by atoms with Crippen molar-refractivity contribution in [2.75, 3.05) is 26.6 Å². The van der Waals surface area contributed by atoms with Crippen LogP contribution in [0.25, 0.3) is 22.4 Å². The first-order chi connectivity index (χ1) is 21.8. The summed E-state index contributed by atoms with van der Waals surface area (Å²) < 4.78 is 131. The molecule has 1 fully saturated rings. The molecule has 1 unspecified atom stereocenters. The molecule has 2 N–H and O–H groups in total. The number of fused-ring (bicyclic) bond motifs is 1. The third-order valence-electron chi connectivity index (χ3n) is 5.67. The molecule has 0 saturated carbocycles. The van der Waals surface area contributed by atoms with Gasteiger partial charge in [-0.1, -0.05) is 20.2 Å². The van der Waals surface area contributed by atoms with E-state index < -0.39 is 88.7 Å². The first-order valence-electron chi connectivity index (χ1n) is 17.4. The molecule has 0 spiro atoms. The van der Waals surface area contributed by atoms with Crippen molar-refractivity contribution in [3.8, 4) is 17.1 Å². The Morgan fingerprint density at radius 3 is 2.94 bits per heavy atom. The average molecular weight is 529 g/mol. The molecule has 1 aromatic carbocycles. The van der Waals surface area contributed by atoms with E-state index in [1.807, 2.05) is 4.72 Å². The molecule has 2 aromatic heterocycles. The van der Waals surface area contributed by atoms with Crippen LogP contribution in [-0.2, 0) is 23.4 Å². The van der Waals surface area contributed by atoms with Gasteiger partial charge in [-0.25, -0.2) is 18.1 Å². The maximum absolute atomic E-state index is 13.5. The minimum Gasteiger partial charge on any atom is -0.493 e. The van der Waals surface area contributed by atoms with Gasteiger partial charge >= 0.3 is 0 Å². The summed E-state index contributed by atoms with van der Waals surface area (Å²) in [5, 5.41) is 3.77. The Hall–Kier alpha value is -2.76. The number of likely N-dealkylation sites (tertiary alicyclic amines) is 1. The van der Waals surface area contributed by atoms with E-state index in [9.17, 15) is 13.2 Å². The second-order valence-electron chi connectivity index (χ2n) is 8.23. The summed E-state index contributed by atoms with van der Waals surface area (Å²) in [5.41, 5.74) is -3.28. The fourth-order valence-electron chi connectivity index (χ4n) is 3.92. The number of rotatable bonds is 11. The molecular weight excluding hydrogens is 480 g/mol. The Balaban J connectivity index is 1.85. The van der Waals surface area contributed by atoms with Gasteiger partial charge in [0.15, 0.2) is 5.52 Å². The van der Waals surface area contributed by atoms with Crippen LogP contribution in [0.4, 0.5) is 0 Å². The Morgan fingerprint density at radius 1 is 1.33 bits per heavy atom. The van der Waals surface area contributed by atoms with E-state index in [0.717, 1.165) is 24.0 Å². The van der Waals surface area contributed by atoms with Gasteiger partial charge in [-0.05, 0) is 63.8 Å². The third kappa shape index (κ3) is 5.47. The maximum Gasteiger partial charge on any atom is 0.277 e. The molecule has 196 valence electrons. The van der Waals surface area contributed by atoms with E-state index in [2.05, 4.69) is 15.1 Å². The smallest absolute Gasteiger partial charge is 0.277 e. The highest BCUT2D eigenvalue weighted by molar-refractivity contribution is 7.89. The van der Waals surface area contributed by atoms with Gasteiger partial charge in [0, 0.05) is 36.0 Å². The number of aryl methyl sites for hydroxylation is 2. The van der Waals surface area contributed by atoms with Crippen molar-refractivity contribution in [2.24, 2.45) is 6.98 Å². The molecule has 4 rings (SSSR count). The van der Waals surface area contributed by atoms with Crippen LogP contribution in [0, 0.1) is 0 Å². The van der Waals surface area contributed by atoms with Crippen molar-refractivity contribution in [3.63, 3.8) is 0 Å². The summed E-state index contributed by atoms with van der Waals surface area (Å²) in [6.45, 7) is -5.10. The molecule has 3 heterocycles. The predicted octanol–water partition coefficient (Wildman–Crippen LogP) is 2.83. The van der Waals surface area contributed by atoms with Crippen molar-refractivity contribution in [1.29, 1.82) is 0 Å². The van der Waals surface area contributed by atoms with Gasteiger partial charge < -0.3 is 14.6 Å². The molecule has 0 aliphatic carbocycles. The number of H-pyrrole nitrogens is 1. The van der Waals surface area contributed by atoms with Crippen molar-refractivity contribution in [3.05, 3.63) is 34.2 Å². The summed E-state index contributed by atoms with van der Waals surface area (Å²) in [6, 6.07) is 2.64. The number of ether oxygens (including phenoxy) is 1. The molecule has 1 aliphatic heterocycles. The number of aromatic amines is 1. The fraction of sp³-hybridized carbons (Fsp3) is 0.560. The lowest BCUT2D eigenvalue weighted by Gasteiger charge is -2.19. The monoisotopic (exact) mass is 528 g/mol. The SMILES string of the molecule is [2H]C([2H])(CC1CCCN1C([2H])([2H])[2H])NS(=O)(=O)c1ccc(OCCC)c(-c2nc3c(C([2H])([2H])C([2H])([2H])C)nn(C([2H])([2H])[2H])c3c(=O)[nH]2)c1. The number of hydrogen-bond acceptors (Lipinski definition) is 7. The predicted molar refractivity (Wildman–Crippen MR) is 140 cm³/mol. The van der Waals surface area contributed by atoms with Crippen LogP contribution in [0.5, 0.6) is 5.75 Å². The minimum atomic E-state index is -4.66. The van der Waals surface area contributed by atoms with Crippen LogP contribution < -0.4 is 15.0 Å². The van der Waals surface area contributed by atoms with Crippen molar-refractivity contribution in [1.82, 2.24) is 29.4 Å². The van der Waals surface area contributed by atoms with Crippen LogP contribution in [0.2, 0.25) is 0 Å². The summed E-state index contributed by atoms with van der Waals surface area (Å²) in [5.74, 6) is -0.379. The number of benzene rings is 1. The quantitative estimate of drug-likeness (QED) is 0.392. The minimum absolute atomic E-state index is 0.0131. The Bertz CT molecular complexity index is 1830. The second-order valence-corrected chi connectivity index (χ2v) is 9.91. The number of aromatic nitrogens is 4. The summed E-state index contributed by atoms with van der Waals surface area (Å²) in [4.78, 5) is 20.7. The van der Waals surface area contributed by atoms with E-state index in [-0.39, 0.29) is 29.1 Å². The lowest BCUT2D eigenvalue weighted by atomic mass is 10.1. The van der Waals surface area contributed by atoms with E-state index in [4.69, 9.17) is 21.2 Å². The number of hydrogen-bond donors (Lipinski definition) is 2. The molecular formula is C25H36N6O4S. The van der Waals surface area contributed by atoms with Gasteiger partial charge in [0.25, 0.3) is 5.56 Å². The maximum atomic E-state index is 13.5. The van der Waals surface area contributed by atoms with E-state index in [1.54, 1.807) is 6.92 Å². The summed E-state index contributed by atoms with van der Waals surface area (Å²) in [7, 11) is -4.66. The molecule has 0 radical (unpaired) electrons. The molecule has 0 amide bonds. The standard InChI is InChI=1S/C25H36N6O4S/c1-5-8-20-22-23(31(4)29-20)25(32)28-24(27-22)19-16-18(10-11-21(19)35-15-6-2)36(33,34)26-13-12-17-9-7-14-30(17)3/h10-11,16-17,26H,5-9,12-15H2,1-4H3,(H,27,28,32)/i3D3,4D3,5D2,8D2,13D2. The Morgan fingerprint density at radius 2 is 2.19 bits per heavy atom. The van der Waals surface area contributed by atoms with Crippen LogP contribution in [-0.4, -0.2) is 65.7 Å². The van der Waals surface area contributed by atoms with Gasteiger partial charge in [0.05, 0.1) is 22.8 Å². The molecule has 1 atom stereocenters. The number of nitrogens with one attached hydrogen (secondary N) is 2. The largest absolute Gasteiger partial charge is 0.493 e. The molecule has 10 nitrogen and oxygen atoms in total. The third-order valence-corrected chi connectivity index (χ3v) is 6.96. The average Bonchev–Trinajstić information content (AvgIpc) is 3.55. The lowest BCUT2D eigenvalue weighted by Crippen LogP contribution is -2.31. The zero-order chi connectivity index (χ0) is 36.3. The molecule has 3 aromatic rings. The Kier molecular flexibility index (Phi) is 4.58. The molecule has 11 heteroatoms. The lowest BCUT2D eigenvalue weighted by molar-refractivity contribution is 0.297. The van der Waals surface area contributed by atoms with Crippen molar-refractivity contribution < 1.29 is 29.6 Å². The highest BCUT2D eigenvalue weighted by Crippen LogP contribution is 2.31. The fourth-order valence-corrected chi connectivity index (χ4v) is 4.83. The molecule has 1 saturated heterocycles. The van der Waals surface area contributed by atoms with Gasteiger partial charge in [0.1, 0.15) is 17.1 Å². The highest BCUT2D eigenvalue weighted by atomic mass is 32.2. The normalized spacial score (nSPS) is 23.6. The van der Waals surface area contributed by atoms with Crippen molar-refractivity contribution >= 4 is 21.1 Å². The highest BCUT2D eigenvalue weighted by Gasteiger charge is 2.23. The van der Waals surface area contributed by atoms with Crippen LogP contribution >= 0.6 is 0 Å². The summed E-state index contributed by atoms with van der Waals surface area (Å²) >= 11 is 0. The van der Waals surface area contributed by atoms with Crippen LogP contribution in [0.15, 0.2) is 27.9 Å². The van der Waals surface area contributed by atoms with Crippen LogP contribution in [0.3, 0.4) is 0 Å². The van der Waals surface area contributed by atoms with Crippen LogP contribution in [0.1, 0.15) is 68.0 Å². The molecule has 1 aliphatic rings. The van der Waals surface area contributed by atoms with E-state index in [1.165, 1.54) is 6.07 Å². The summed E-state index contributed by atoms with van der Waals surface area (Å²) in [6.07, 6.45) is -4.65. The van der Waals surface area contributed by atoms with E-state index in [0.29, 0.717) is 19.3 Å². The zero-order valence-corrected chi connectivity index (χ0v) is 20.7. The first-order valence-corrected chi connectivity index (χ1v) is 12.9. The number of sulfonamides is 1. The van der Waals surface area contributed by atoms with Gasteiger partial charge in [-0.15, -0.1) is 0 Å². The number of nitrogens with zero attached hydrogens (tertiary/aromatic N) is 4. The molecule has 36 heavy (non-hydrogen) atoms. The zero-order valence-electron chi connectivity index (χ0n) is 31.9. The van der Waals surface area contributed by atoms with Gasteiger partial charge in [-0.2, -0.15) is 5.10 Å². The van der Waals surface area contributed by atoms with E-state index >= 15 is 0 Å². The first kappa shape index (κ1) is 14.8. The van der Waals surface area contributed by atoms with Gasteiger partial charge in [-0.3, -0.25) is 9.48 Å². The van der Waals surface area contributed by atoms with Crippen molar-refractivity contribution in [2.45, 2.75) is 63.2 Å².